The highest BCUT2D eigenvalue weighted by molar-refractivity contribution is 5.78. The standard InChI is InChI=1S/C18H24N4O2/c1-15(23)13-20-7-9-21(10-8-20)18(24)11-16-12-19-22(14-16)17-5-3-2-4-6-17/h2-6,12,14-15,23H,7-11,13H2,1H3. The molecule has 2 heterocycles. The second-order valence-electron chi connectivity index (χ2n) is 6.34. The molecular formula is C18H24N4O2. The maximum absolute atomic E-state index is 12.5. The van der Waals surface area contributed by atoms with Crippen molar-refractivity contribution in [3.63, 3.8) is 0 Å². The van der Waals surface area contributed by atoms with Crippen LogP contribution in [0.5, 0.6) is 0 Å². The molecule has 1 atom stereocenters. The number of hydrogen-bond donors (Lipinski definition) is 1. The van der Waals surface area contributed by atoms with E-state index in [-0.39, 0.29) is 12.0 Å². The summed E-state index contributed by atoms with van der Waals surface area (Å²) in [7, 11) is 0. The maximum Gasteiger partial charge on any atom is 0.227 e. The van der Waals surface area contributed by atoms with Crippen molar-refractivity contribution in [1.29, 1.82) is 0 Å². The van der Waals surface area contributed by atoms with Gasteiger partial charge in [0.05, 0.1) is 24.4 Å². The van der Waals surface area contributed by atoms with Crippen LogP contribution in [0.25, 0.3) is 5.69 Å². The van der Waals surface area contributed by atoms with Crippen molar-refractivity contribution >= 4 is 5.91 Å². The Labute approximate surface area is 142 Å². The quantitative estimate of drug-likeness (QED) is 0.887. The number of amides is 1. The second kappa shape index (κ2) is 7.59. The molecule has 6 heteroatoms. The van der Waals surface area contributed by atoms with Crippen LogP contribution in [-0.4, -0.2) is 69.4 Å². The van der Waals surface area contributed by atoms with Crippen LogP contribution in [0.2, 0.25) is 0 Å². The molecule has 1 aliphatic rings. The van der Waals surface area contributed by atoms with Gasteiger partial charge in [-0.2, -0.15) is 5.10 Å². The first-order chi connectivity index (χ1) is 11.6. The van der Waals surface area contributed by atoms with Crippen molar-refractivity contribution in [2.24, 2.45) is 0 Å². The molecule has 1 aromatic carbocycles. The fourth-order valence-electron chi connectivity index (χ4n) is 3.01. The van der Waals surface area contributed by atoms with Gasteiger partial charge in [-0.3, -0.25) is 9.69 Å². The van der Waals surface area contributed by atoms with E-state index in [0.717, 1.165) is 37.4 Å². The fourth-order valence-corrected chi connectivity index (χ4v) is 3.01. The maximum atomic E-state index is 12.5. The lowest BCUT2D eigenvalue weighted by molar-refractivity contribution is -0.132. The Bertz CT molecular complexity index is 661. The van der Waals surface area contributed by atoms with Gasteiger partial charge in [-0.25, -0.2) is 4.68 Å². The molecule has 0 aliphatic carbocycles. The van der Waals surface area contributed by atoms with E-state index in [9.17, 15) is 9.90 Å². The average molecular weight is 328 g/mol. The van der Waals surface area contributed by atoms with Crippen LogP contribution in [0.3, 0.4) is 0 Å². The predicted octanol–water partition coefficient (Wildman–Crippen LogP) is 0.940. The minimum absolute atomic E-state index is 0.138. The Morgan fingerprint density at radius 2 is 1.92 bits per heavy atom. The number of rotatable bonds is 5. The van der Waals surface area contributed by atoms with Crippen LogP contribution in [-0.2, 0) is 11.2 Å². The molecule has 0 spiro atoms. The van der Waals surface area contributed by atoms with Crippen LogP contribution in [0.4, 0.5) is 0 Å². The van der Waals surface area contributed by atoms with E-state index in [2.05, 4.69) is 10.00 Å². The first kappa shape index (κ1) is 16.7. The summed E-state index contributed by atoms with van der Waals surface area (Å²) in [4.78, 5) is 16.6. The molecule has 0 radical (unpaired) electrons. The summed E-state index contributed by atoms with van der Waals surface area (Å²) in [6.45, 7) is 5.55. The highest BCUT2D eigenvalue weighted by Crippen LogP contribution is 2.10. The van der Waals surface area contributed by atoms with Crippen LogP contribution in [0.1, 0.15) is 12.5 Å². The van der Waals surface area contributed by atoms with Crippen molar-refractivity contribution in [1.82, 2.24) is 19.6 Å². The third kappa shape index (κ3) is 4.21. The summed E-state index contributed by atoms with van der Waals surface area (Å²) in [6, 6.07) is 9.87. The summed E-state index contributed by atoms with van der Waals surface area (Å²) in [5, 5.41) is 13.8. The molecule has 3 rings (SSSR count). The summed E-state index contributed by atoms with van der Waals surface area (Å²) < 4.78 is 1.79. The molecule has 1 aromatic heterocycles. The Balaban J connectivity index is 1.54. The van der Waals surface area contributed by atoms with Gasteiger partial charge in [0.15, 0.2) is 0 Å². The summed E-state index contributed by atoms with van der Waals surface area (Å²) in [6.07, 6.45) is 3.73. The minimum atomic E-state index is -0.323. The normalized spacial score (nSPS) is 17.0. The van der Waals surface area contributed by atoms with Crippen molar-refractivity contribution in [2.75, 3.05) is 32.7 Å². The number of para-hydroxylation sites is 1. The number of nitrogens with zero attached hydrogens (tertiary/aromatic N) is 4. The molecule has 1 aliphatic heterocycles. The zero-order chi connectivity index (χ0) is 16.9. The SMILES string of the molecule is CC(O)CN1CCN(C(=O)Cc2cnn(-c3ccccc3)c2)CC1. The van der Waals surface area contributed by atoms with Gasteiger partial charge in [-0.1, -0.05) is 18.2 Å². The van der Waals surface area contributed by atoms with Gasteiger partial charge in [0.2, 0.25) is 5.91 Å². The number of aliphatic hydroxyl groups excluding tert-OH is 1. The Morgan fingerprint density at radius 1 is 1.21 bits per heavy atom. The van der Waals surface area contributed by atoms with E-state index in [4.69, 9.17) is 0 Å². The smallest absolute Gasteiger partial charge is 0.227 e. The zero-order valence-electron chi connectivity index (χ0n) is 14.0. The predicted molar refractivity (Wildman–Crippen MR) is 92.0 cm³/mol. The van der Waals surface area contributed by atoms with Gasteiger partial charge < -0.3 is 10.0 Å². The number of hydrogen-bond acceptors (Lipinski definition) is 4. The fraction of sp³-hybridized carbons (Fsp3) is 0.444. The number of benzene rings is 1. The highest BCUT2D eigenvalue weighted by Gasteiger charge is 2.22. The lowest BCUT2D eigenvalue weighted by Gasteiger charge is -2.35. The Kier molecular flexibility index (Phi) is 5.27. The first-order valence-corrected chi connectivity index (χ1v) is 8.39. The van der Waals surface area contributed by atoms with Gasteiger partial charge in [0, 0.05) is 38.9 Å². The summed E-state index contributed by atoms with van der Waals surface area (Å²) in [5.41, 5.74) is 1.91. The van der Waals surface area contributed by atoms with E-state index in [1.54, 1.807) is 17.8 Å². The monoisotopic (exact) mass is 328 g/mol. The molecule has 1 N–H and O–H groups in total. The van der Waals surface area contributed by atoms with Crippen LogP contribution < -0.4 is 0 Å². The third-order valence-electron chi connectivity index (χ3n) is 4.26. The van der Waals surface area contributed by atoms with E-state index < -0.39 is 0 Å². The summed E-state index contributed by atoms with van der Waals surface area (Å²) in [5.74, 6) is 0.138. The number of carbonyl (C=O) groups excluding carboxylic acids is 1. The van der Waals surface area contributed by atoms with Crippen LogP contribution in [0, 0.1) is 0 Å². The van der Waals surface area contributed by atoms with Gasteiger partial charge in [0.25, 0.3) is 0 Å². The minimum Gasteiger partial charge on any atom is -0.392 e. The first-order valence-electron chi connectivity index (χ1n) is 8.39. The third-order valence-corrected chi connectivity index (χ3v) is 4.26. The van der Waals surface area contributed by atoms with Crippen molar-refractivity contribution in [3.05, 3.63) is 48.3 Å². The molecular weight excluding hydrogens is 304 g/mol. The van der Waals surface area contributed by atoms with Crippen molar-refractivity contribution in [3.8, 4) is 5.69 Å². The number of carbonyl (C=O) groups is 1. The topological polar surface area (TPSA) is 61.6 Å². The zero-order valence-corrected chi connectivity index (χ0v) is 14.0. The molecule has 2 aromatic rings. The average Bonchev–Trinajstić information content (AvgIpc) is 3.04. The molecule has 1 unspecified atom stereocenters. The van der Waals surface area contributed by atoms with Gasteiger partial charge in [0.1, 0.15) is 0 Å². The van der Waals surface area contributed by atoms with Crippen molar-refractivity contribution < 1.29 is 9.90 Å². The van der Waals surface area contributed by atoms with E-state index >= 15 is 0 Å². The van der Waals surface area contributed by atoms with Crippen molar-refractivity contribution in [2.45, 2.75) is 19.4 Å². The molecule has 1 amide bonds. The molecule has 1 saturated heterocycles. The van der Waals surface area contributed by atoms with Gasteiger partial charge in [-0.15, -0.1) is 0 Å². The number of aliphatic hydroxyl groups is 1. The molecule has 1 fully saturated rings. The molecule has 6 nitrogen and oxygen atoms in total. The second-order valence-corrected chi connectivity index (χ2v) is 6.34. The van der Waals surface area contributed by atoms with E-state index in [1.165, 1.54) is 0 Å². The van der Waals surface area contributed by atoms with E-state index in [0.29, 0.717) is 13.0 Å². The lowest BCUT2D eigenvalue weighted by atomic mass is 10.2. The number of β-amino-alcohol motifs (C(OH)–C–C–N with tert-alkyl or cyclic N) is 1. The molecule has 0 saturated carbocycles. The Hall–Kier alpha value is -2.18. The lowest BCUT2D eigenvalue weighted by Crippen LogP contribution is -2.50. The molecule has 0 bridgehead atoms. The van der Waals surface area contributed by atoms with Gasteiger partial charge >= 0.3 is 0 Å². The number of piperazine rings is 1. The van der Waals surface area contributed by atoms with E-state index in [1.807, 2.05) is 41.4 Å². The van der Waals surface area contributed by atoms with Gasteiger partial charge in [-0.05, 0) is 24.6 Å². The molecule has 24 heavy (non-hydrogen) atoms. The van der Waals surface area contributed by atoms with Crippen LogP contribution >= 0.6 is 0 Å². The molecule has 128 valence electrons. The largest absolute Gasteiger partial charge is 0.392 e. The number of aromatic nitrogens is 2. The van der Waals surface area contributed by atoms with Crippen LogP contribution in [0.15, 0.2) is 42.7 Å². The summed E-state index contributed by atoms with van der Waals surface area (Å²) >= 11 is 0. The Morgan fingerprint density at radius 3 is 2.58 bits per heavy atom. The highest BCUT2D eigenvalue weighted by atomic mass is 16.3.